The van der Waals surface area contributed by atoms with Crippen LogP contribution in [-0.2, 0) is 5.75 Å². The first-order chi connectivity index (χ1) is 5.72. The van der Waals surface area contributed by atoms with Gasteiger partial charge in [0.1, 0.15) is 0 Å². The first-order valence-electron chi connectivity index (χ1n) is 3.86. The lowest BCUT2D eigenvalue weighted by Gasteiger charge is -2.04. The zero-order valence-corrected chi connectivity index (χ0v) is 8.91. The molecule has 0 amide bonds. The third kappa shape index (κ3) is 3.13. The summed E-state index contributed by atoms with van der Waals surface area (Å²) in [5.41, 5.74) is 1.13. The SMILES string of the molecule is Cc1nc(CSC(C)CO)cs1. The molecule has 1 atom stereocenters. The maximum Gasteiger partial charge on any atom is 0.0897 e. The van der Waals surface area contributed by atoms with E-state index in [2.05, 4.69) is 10.4 Å². The average molecular weight is 203 g/mol. The van der Waals surface area contributed by atoms with Crippen LogP contribution in [-0.4, -0.2) is 21.9 Å². The van der Waals surface area contributed by atoms with Gasteiger partial charge < -0.3 is 5.11 Å². The van der Waals surface area contributed by atoms with Crippen molar-refractivity contribution in [1.82, 2.24) is 4.98 Å². The smallest absolute Gasteiger partial charge is 0.0897 e. The first-order valence-corrected chi connectivity index (χ1v) is 5.78. The van der Waals surface area contributed by atoms with Gasteiger partial charge in [0.15, 0.2) is 0 Å². The third-order valence-corrected chi connectivity index (χ3v) is 3.44. The fourth-order valence-electron chi connectivity index (χ4n) is 0.755. The monoisotopic (exact) mass is 203 g/mol. The van der Waals surface area contributed by atoms with Gasteiger partial charge in [0.05, 0.1) is 17.3 Å². The second kappa shape index (κ2) is 4.84. The van der Waals surface area contributed by atoms with Gasteiger partial charge in [-0.05, 0) is 6.92 Å². The van der Waals surface area contributed by atoms with Crippen molar-refractivity contribution >= 4 is 23.1 Å². The Morgan fingerprint density at radius 1 is 1.75 bits per heavy atom. The third-order valence-electron chi connectivity index (χ3n) is 1.44. The number of aryl methyl sites for hydroxylation is 1. The lowest BCUT2D eigenvalue weighted by atomic mass is 10.5. The standard InChI is InChI=1S/C8H13NOS2/c1-6(3-10)11-4-8-5-12-7(2)9-8/h5-6,10H,3-4H2,1-2H3. The Morgan fingerprint density at radius 3 is 3.00 bits per heavy atom. The van der Waals surface area contributed by atoms with Gasteiger partial charge in [0.25, 0.3) is 0 Å². The van der Waals surface area contributed by atoms with E-state index in [4.69, 9.17) is 5.11 Å². The van der Waals surface area contributed by atoms with Crippen LogP contribution in [0.4, 0.5) is 0 Å². The van der Waals surface area contributed by atoms with Crippen molar-refractivity contribution in [2.45, 2.75) is 24.9 Å². The van der Waals surface area contributed by atoms with E-state index in [0.29, 0.717) is 5.25 Å². The van der Waals surface area contributed by atoms with Gasteiger partial charge >= 0.3 is 0 Å². The highest BCUT2D eigenvalue weighted by atomic mass is 32.2. The minimum Gasteiger partial charge on any atom is -0.395 e. The van der Waals surface area contributed by atoms with Crippen molar-refractivity contribution in [3.63, 3.8) is 0 Å². The number of aromatic nitrogens is 1. The molecule has 1 unspecified atom stereocenters. The molecule has 0 aliphatic heterocycles. The Labute approximate surface area is 81.0 Å². The molecule has 1 N–H and O–H groups in total. The maximum atomic E-state index is 8.78. The first kappa shape index (κ1) is 10.0. The Morgan fingerprint density at radius 2 is 2.50 bits per heavy atom. The number of hydrogen-bond acceptors (Lipinski definition) is 4. The fourth-order valence-corrected chi connectivity index (χ4v) is 2.18. The molecule has 1 heterocycles. The zero-order chi connectivity index (χ0) is 8.97. The molecule has 0 aromatic carbocycles. The zero-order valence-electron chi connectivity index (χ0n) is 7.28. The van der Waals surface area contributed by atoms with Crippen molar-refractivity contribution in [3.8, 4) is 0 Å². The van der Waals surface area contributed by atoms with Gasteiger partial charge in [-0.3, -0.25) is 0 Å². The normalized spacial score (nSPS) is 13.2. The van der Waals surface area contributed by atoms with Crippen LogP contribution in [0.3, 0.4) is 0 Å². The lowest BCUT2D eigenvalue weighted by Crippen LogP contribution is -2.02. The summed E-state index contributed by atoms with van der Waals surface area (Å²) in [6.07, 6.45) is 0. The van der Waals surface area contributed by atoms with E-state index in [-0.39, 0.29) is 6.61 Å². The van der Waals surface area contributed by atoms with Gasteiger partial charge in [0.2, 0.25) is 0 Å². The van der Waals surface area contributed by atoms with E-state index >= 15 is 0 Å². The van der Waals surface area contributed by atoms with Crippen LogP contribution < -0.4 is 0 Å². The summed E-state index contributed by atoms with van der Waals surface area (Å²) in [4.78, 5) is 4.33. The minimum atomic E-state index is 0.244. The molecular formula is C8H13NOS2. The molecule has 0 saturated heterocycles. The van der Waals surface area contributed by atoms with E-state index in [1.165, 1.54) is 0 Å². The molecular weight excluding hydrogens is 190 g/mol. The van der Waals surface area contributed by atoms with Gasteiger partial charge in [0, 0.05) is 16.4 Å². The molecule has 1 aromatic heterocycles. The molecule has 1 aromatic rings. The number of rotatable bonds is 4. The van der Waals surface area contributed by atoms with E-state index in [1.54, 1.807) is 23.1 Å². The van der Waals surface area contributed by atoms with Crippen molar-refractivity contribution in [2.24, 2.45) is 0 Å². The molecule has 4 heteroatoms. The summed E-state index contributed by atoms with van der Waals surface area (Å²) < 4.78 is 0. The van der Waals surface area contributed by atoms with Gasteiger partial charge in [-0.15, -0.1) is 11.3 Å². The molecule has 0 spiro atoms. The van der Waals surface area contributed by atoms with Gasteiger partial charge in [-0.1, -0.05) is 6.92 Å². The second-order valence-corrected chi connectivity index (χ2v) is 5.15. The van der Waals surface area contributed by atoms with Crippen LogP contribution >= 0.6 is 23.1 Å². The highest BCUT2D eigenvalue weighted by Crippen LogP contribution is 2.18. The molecule has 0 saturated carbocycles. The van der Waals surface area contributed by atoms with Crippen LogP contribution in [0.15, 0.2) is 5.38 Å². The van der Waals surface area contributed by atoms with Crippen LogP contribution in [0, 0.1) is 6.92 Å². The number of thioether (sulfide) groups is 1. The summed E-state index contributed by atoms with van der Waals surface area (Å²) >= 11 is 3.41. The highest BCUT2D eigenvalue weighted by Gasteiger charge is 2.02. The minimum absolute atomic E-state index is 0.244. The summed E-state index contributed by atoms with van der Waals surface area (Å²) in [5.74, 6) is 0.909. The van der Waals surface area contributed by atoms with Crippen LogP contribution in [0.5, 0.6) is 0 Å². The number of thiazole rings is 1. The number of aliphatic hydroxyl groups excluding tert-OH is 1. The summed E-state index contributed by atoms with van der Waals surface area (Å²) in [6.45, 7) is 4.27. The van der Waals surface area contributed by atoms with Crippen molar-refractivity contribution in [1.29, 1.82) is 0 Å². The Kier molecular flexibility index (Phi) is 4.05. The molecule has 1 rings (SSSR count). The van der Waals surface area contributed by atoms with Gasteiger partial charge in [-0.2, -0.15) is 11.8 Å². The highest BCUT2D eigenvalue weighted by molar-refractivity contribution is 7.99. The largest absolute Gasteiger partial charge is 0.395 e. The molecule has 0 fully saturated rings. The van der Waals surface area contributed by atoms with E-state index in [1.807, 2.05) is 13.8 Å². The lowest BCUT2D eigenvalue weighted by molar-refractivity contribution is 0.300. The Bertz CT molecular complexity index is 237. The summed E-state index contributed by atoms with van der Waals surface area (Å²) in [6, 6.07) is 0. The predicted octanol–water partition coefficient (Wildman–Crippen LogP) is 2.07. The molecule has 0 aliphatic carbocycles. The molecule has 0 bridgehead atoms. The summed E-state index contributed by atoms with van der Waals surface area (Å²) in [7, 11) is 0. The molecule has 12 heavy (non-hydrogen) atoms. The number of nitrogens with zero attached hydrogens (tertiary/aromatic N) is 1. The van der Waals surface area contributed by atoms with Crippen LogP contribution in [0.25, 0.3) is 0 Å². The number of hydrogen-bond donors (Lipinski definition) is 1. The van der Waals surface area contributed by atoms with Crippen molar-refractivity contribution in [3.05, 3.63) is 16.1 Å². The number of aliphatic hydroxyl groups is 1. The summed E-state index contributed by atoms with van der Waals surface area (Å²) in [5, 5.41) is 12.3. The molecule has 68 valence electrons. The van der Waals surface area contributed by atoms with E-state index < -0.39 is 0 Å². The van der Waals surface area contributed by atoms with Crippen molar-refractivity contribution in [2.75, 3.05) is 6.61 Å². The van der Waals surface area contributed by atoms with Crippen LogP contribution in [0.1, 0.15) is 17.6 Å². The Hall–Kier alpha value is -0.0600. The average Bonchev–Trinajstić information content (AvgIpc) is 2.47. The fraction of sp³-hybridized carbons (Fsp3) is 0.625. The van der Waals surface area contributed by atoms with Crippen molar-refractivity contribution < 1.29 is 5.11 Å². The van der Waals surface area contributed by atoms with E-state index in [0.717, 1.165) is 16.5 Å². The molecule has 2 nitrogen and oxygen atoms in total. The van der Waals surface area contributed by atoms with Crippen LogP contribution in [0.2, 0.25) is 0 Å². The van der Waals surface area contributed by atoms with Gasteiger partial charge in [-0.25, -0.2) is 4.98 Å². The molecule has 0 aliphatic rings. The predicted molar refractivity (Wildman–Crippen MR) is 54.7 cm³/mol. The maximum absolute atomic E-state index is 8.78. The quantitative estimate of drug-likeness (QED) is 0.813. The Balaban J connectivity index is 2.33. The topological polar surface area (TPSA) is 33.1 Å². The van der Waals surface area contributed by atoms with E-state index in [9.17, 15) is 0 Å². The molecule has 0 radical (unpaired) electrons. The second-order valence-electron chi connectivity index (χ2n) is 2.66.